The van der Waals surface area contributed by atoms with E-state index in [-0.39, 0.29) is 33.8 Å². The molecule has 24 heavy (non-hydrogen) atoms. The fraction of sp³-hybridized carbons (Fsp3) is 0.444. The quantitative estimate of drug-likeness (QED) is 0.869. The first-order chi connectivity index (χ1) is 11.5. The largest absolute Gasteiger partial charge is 0.360 e. The summed E-state index contributed by atoms with van der Waals surface area (Å²) in [6.07, 6.45) is 4.34. The van der Waals surface area contributed by atoms with Crippen LogP contribution < -0.4 is 5.32 Å². The molecule has 0 radical (unpaired) electrons. The van der Waals surface area contributed by atoms with E-state index < -0.39 is 5.82 Å². The van der Waals surface area contributed by atoms with Crippen molar-refractivity contribution in [2.45, 2.75) is 45.6 Å². The lowest BCUT2D eigenvalue weighted by atomic mass is 9.86. The van der Waals surface area contributed by atoms with E-state index in [0.29, 0.717) is 11.7 Å². The minimum absolute atomic E-state index is 0.0952. The van der Waals surface area contributed by atoms with Crippen LogP contribution in [0.5, 0.6) is 0 Å². The minimum Gasteiger partial charge on any atom is -0.360 e. The third kappa shape index (κ3) is 3.18. The maximum absolute atomic E-state index is 14.2. The second-order valence-corrected chi connectivity index (χ2v) is 6.81. The number of hydrogen-bond donors (Lipinski definition) is 1. The van der Waals surface area contributed by atoms with E-state index in [9.17, 15) is 9.18 Å². The Kier molecular flexibility index (Phi) is 4.90. The molecule has 6 heteroatoms. The predicted octanol–water partition coefficient (Wildman–Crippen LogP) is 4.75. The van der Waals surface area contributed by atoms with Crippen molar-refractivity contribution in [3.8, 4) is 11.3 Å². The van der Waals surface area contributed by atoms with Gasteiger partial charge in [0.1, 0.15) is 22.8 Å². The topological polar surface area (TPSA) is 55.1 Å². The minimum atomic E-state index is -0.532. The summed E-state index contributed by atoms with van der Waals surface area (Å²) in [4.78, 5) is 12.8. The van der Waals surface area contributed by atoms with Gasteiger partial charge in [-0.15, -0.1) is 0 Å². The van der Waals surface area contributed by atoms with Crippen LogP contribution in [0.15, 0.2) is 22.7 Å². The van der Waals surface area contributed by atoms with Crippen molar-refractivity contribution < 1.29 is 13.7 Å². The zero-order valence-corrected chi connectivity index (χ0v) is 14.5. The maximum Gasteiger partial charge on any atom is 0.257 e. The summed E-state index contributed by atoms with van der Waals surface area (Å²) in [6, 6.07) is 4.48. The first kappa shape index (κ1) is 17.0. The van der Waals surface area contributed by atoms with Crippen LogP contribution in [0.2, 0.25) is 5.02 Å². The van der Waals surface area contributed by atoms with Gasteiger partial charge >= 0.3 is 0 Å². The normalized spacial score (nSPS) is 20.8. The highest BCUT2D eigenvalue weighted by Crippen LogP contribution is 2.33. The second kappa shape index (κ2) is 6.93. The fourth-order valence-electron chi connectivity index (χ4n) is 3.31. The molecule has 128 valence electrons. The molecule has 1 aromatic carbocycles. The van der Waals surface area contributed by atoms with Gasteiger partial charge in [-0.25, -0.2) is 4.39 Å². The van der Waals surface area contributed by atoms with Crippen molar-refractivity contribution in [2.75, 3.05) is 0 Å². The highest BCUT2D eigenvalue weighted by molar-refractivity contribution is 6.33. The Hall–Kier alpha value is -1.88. The Morgan fingerprint density at radius 1 is 1.38 bits per heavy atom. The first-order valence-electron chi connectivity index (χ1n) is 8.20. The molecule has 0 saturated heterocycles. The predicted molar refractivity (Wildman–Crippen MR) is 90.5 cm³/mol. The number of rotatable bonds is 3. The number of hydrogen-bond acceptors (Lipinski definition) is 3. The number of carbonyl (C=O) groups is 1. The van der Waals surface area contributed by atoms with Crippen LogP contribution >= 0.6 is 11.6 Å². The van der Waals surface area contributed by atoms with E-state index in [4.69, 9.17) is 16.1 Å². The number of aryl methyl sites for hydroxylation is 1. The summed E-state index contributed by atoms with van der Waals surface area (Å²) in [5, 5.41) is 7.13. The molecule has 1 N–H and O–H groups in total. The van der Waals surface area contributed by atoms with Crippen LogP contribution in [-0.2, 0) is 0 Å². The standard InChI is InChI=1S/C18H20ClFN2O2/c1-10-6-3-4-9-14(10)21-18(23)15-11(2)24-22-17(15)16-12(19)7-5-8-13(16)20/h5,7-8,10,14H,3-4,6,9H2,1-2H3,(H,21,23). The Balaban J connectivity index is 1.94. The first-order valence-corrected chi connectivity index (χ1v) is 8.58. The van der Waals surface area contributed by atoms with Gasteiger partial charge in [-0.05, 0) is 37.8 Å². The van der Waals surface area contributed by atoms with E-state index in [1.807, 2.05) is 0 Å². The van der Waals surface area contributed by atoms with Gasteiger partial charge in [0.2, 0.25) is 0 Å². The van der Waals surface area contributed by atoms with Crippen LogP contribution in [0.1, 0.15) is 48.7 Å². The second-order valence-electron chi connectivity index (χ2n) is 6.40. The lowest BCUT2D eigenvalue weighted by Crippen LogP contribution is -2.41. The number of carbonyl (C=O) groups excluding carboxylic acids is 1. The molecule has 4 nitrogen and oxygen atoms in total. The average Bonchev–Trinajstić information content (AvgIpc) is 2.91. The molecule has 1 saturated carbocycles. The molecule has 3 rings (SSSR count). The molecule has 2 atom stereocenters. The molecule has 0 bridgehead atoms. The zero-order valence-electron chi connectivity index (χ0n) is 13.7. The van der Waals surface area contributed by atoms with Crippen molar-refractivity contribution in [2.24, 2.45) is 5.92 Å². The van der Waals surface area contributed by atoms with Crippen LogP contribution in [0.25, 0.3) is 11.3 Å². The van der Waals surface area contributed by atoms with E-state index in [0.717, 1.165) is 19.3 Å². The van der Waals surface area contributed by atoms with Crippen LogP contribution in [0.3, 0.4) is 0 Å². The number of halogens is 2. The van der Waals surface area contributed by atoms with Gasteiger partial charge in [-0.1, -0.05) is 42.6 Å². The Labute approximate surface area is 145 Å². The number of nitrogens with zero attached hydrogens (tertiary/aromatic N) is 1. The third-order valence-corrected chi connectivity index (χ3v) is 5.03. The van der Waals surface area contributed by atoms with Crippen molar-refractivity contribution in [1.29, 1.82) is 0 Å². The highest BCUT2D eigenvalue weighted by atomic mass is 35.5. The van der Waals surface area contributed by atoms with E-state index in [1.54, 1.807) is 13.0 Å². The summed E-state index contributed by atoms with van der Waals surface area (Å²) in [6.45, 7) is 3.78. The third-order valence-electron chi connectivity index (χ3n) is 4.72. The van der Waals surface area contributed by atoms with E-state index >= 15 is 0 Å². The smallest absolute Gasteiger partial charge is 0.257 e. The van der Waals surface area contributed by atoms with Crippen molar-refractivity contribution >= 4 is 17.5 Å². The monoisotopic (exact) mass is 350 g/mol. The van der Waals surface area contributed by atoms with Gasteiger partial charge in [0, 0.05) is 6.04 Å². The lowest BCUT2D eigenvalue weighted by Gasteiger charge is -2.29. The Morgan fingerprint density at radius 3 is 2.83 bits per heavy atom. The van der Waals surface area contributed by atoms with Gasteiger partial charge in [-0.3, -0.25) is 4.79 Å². The van der Waals surface area contributed by atoms with E-state index in [1.165, 1.54) is 18.6 Å². The summed E-state index contributed by atoms with van der Waals surface area (Å²) in [5.41, 5.74) is 0.495. The Morgan fingerprint density at radius 2 is 2.12 bits per heavy atom. The number of aromatic nitrogens is 1. The maximum atomic E-state index is 14.2. The molecule has 0 aliphatic heterocycles. The van der Waals surface area contributed by atoms with Crippen LogP contribution in [0, 0.1) is 18.7 Å². The van der Waals surface area contributed by atoms with Gasteiger partial charge in [-0.2, -0.15) is 0 Å². The molecule has 2 aromatic rings. The van der Waals surface area contributed by atoms with Crippen molar-refractivity contribution in [3.63, 3.8) is 0 Å². The molecular formula is C18H20ClFN2O2. The summed E-state index contributed by atoms with van der Waals surface area (Å²) < 4.78 is 19.4. The summed E-state index contributed by atoms with van der Waals surface area (Å²) in [7, 11) is 0. The fourth-order valence-corrected chi connectivity index (χ4v) is 3.56. The zero-order chi connectivity index (χ0) is 17.3. The van der Waals surface area contributed by atoms with E-state index in [2.05, 4.69) is 17.4 Å². The Bertz CT molecular complexity index is 739. The van der Waals surface area contributed by atoms with Crippen molar-refractivity contribution in [1.82, 2.24) is 10.5 Å². The molecule has 1 amide bonds. The van der Waals surface area contributed by atoms with Gasteiger partial charge in [0.25, 0.3) is 5.91 Å². The van der Waals surface area contributed by atoms with Gasteiger partial charge in [0.15, 0.2) is 0 Å². The van der Waals surface area contributed by atoms with Gasteiger partial charge in [0.05, 0.1) is 10.6 Å². The number of benzene rings is 1. The number of nitrogens with one attached hydrogen (secondary N) is 1. The van der Waals surface area contributed by atoms with Crippen LogP contribution in [0.4, 0.5) is 4.39 Å². The molecule has 1 aliphatic rings. The molecular weight excluding hydrogens is 331 g/mol. The molecule has 2 unspecified atom stereocenters. The highest BCUT2D eigenvalue weighted by Gasteiger charge is 2.29. The lowest BCUT2D eigenvalue weighted by molar-refractivity contribution is 0.0909. The summed E-state index contributed by atoms with van der Waals surface area (Å²) >= 11 is 6.11. The van der Waals surface area contributed by atoms with Crippen LogP contribution in [-0.4, -0.2) is 17.1 Å². The molecule has 0 spiro atoms. The summed E-state index contributed by atoms with van der Waals surface area (Å²) in [5.74, 6) is -0.0497. The van der Waals surface area contributed by atoms with Crippen molar-refractivity contribution in [3.05, 3.63) is 40.4 Å². The molecule has 1 fully saturated rings. The SMILES string of the molecule is Cc1onc(-c2c(F)cccc2Cl)c1C(=O)NC1CCCCC1C. The number of amides is 1. The molecule has 1 heterocycles. The van der Waals surface area contributed by atoms with Gasteiger partial charge < -0.3 is 9.84 Å². The average molecular weight is 351 g/mol. The molecule has 1 aliphatic carbocycles. The molecule has 1 aromatic heterocycles.